The molecule has 0 saturated carbocycles. The number of nitrogens with one attached hydrogen (secondary N) is 1. The third-order valence-electron chi connectivity index (χ3n) is 4.92. The summed E-state index contributed by atoms with van der Waals surface area (Å²) in [5.41, 5.74) is 9.42. The van der Waals surface area contributed by atoms with E-state index in [1.165, 1.54) is 0 Å². The smallest absolute Gasteiger partial charge is 0.341 e. The van der Waals surface area contributed by atoms with Crippen molar-refractivity contribution in [1.82, 2.24) is 0 Å². The maximum absolute atomic E-state index is 12.7. The lowest BCUT2D eigenvalue weighted by molar-refractivity contribution is -0.142. The van der Waals surface area contributed by atoms with Crippen molar-refractivity contribution in [3.8, 4) is 41.6 Å². The highest BCUT2D eigenvalue weighted by Crippen LogP contribution is 2.42. The molecule has 1 aliphatic rings. The number of ether oxygens (including phenoxy) is 3. The van der Waals surface area contributed by atoms with Crippen LogP contribution in [0.4, 0.5) is 5.69 Å². The maximum Gasteiger partial charge on any atom is 0.341 e. The number of nitrogens with two attached hydrogens (primary N) is 1. The van der Waals surface area contributed by atoms with Crippen LogP contribution in [0.2, 0.25) is 0 Å². The molecule has 1 aliphatic heterocycles. The van der Waals surface area contributed by atoms with Gasteiger partial charge in [0, 0.05) is 24.2 Å². The Morgan fingerprint density at radius 1 is 1.06 bits per heavy atom. The van der Waals surface area contributed by atoms with E-state index in [-0.39, 0.29) is 31.1 Å². The average Bonchev–Trinajstić information content (AvgIpc) is 2.81. The Morgan fingerprint density at radius 3 is 2.38 bits per heavy atom. The lowest BCUT2D eigenvalue weighted by atomic mass is 9.84. The number of rotatable bonds is 7. The largest absolute Gasteiger partial charge is 0.452 e. The third kappa shape index (κ3) is 4.85. The fourth-order valence-corrected chi connectivity index (χ4v) is 3.41. The summed E-state index contributed by atoms with van der Waals surface area (Å²) in [6.45, 7) is -0.419. The number of fused-ring (bicyclic) bond motifs is 1. The van der Waals surface area contributed by atoms with E-state index in [0.717, 1.165) is 16.8 Å². The van der Waals surface area contributed by atoms with E-state index >= 15 is 0 Å². The molecule has 2 aromatic carbocycles. The average molecular weight is 430 g/mol. The Kier molecular flexibility index (Phi) is 7.05. The molecule has 0 amide bonds. The molecule has 3 N–H and O–H groups in total. The number of benzene rings is 2. The lowest BCUT2D eigenvalue weighted by Gasteiger charge is -2.28. The van der Waals surface area contributed by atoms with E-state index in [1.54, 1.807) is 6.07 Å². The van der Waals surface area contributed by atoms with E-state index in [1.807, 2.05) is 43.4 Å². The number of anilines is 1. The van der Waals surface area contributed by atoms with E-state index in [0.29, 0.717) is 11.3 Å². The highest BCUT2D eigenvalue weighted by molar-refractivity contribution is 5.93. The molecule has 1 unspecified atom stereocenters. The molecule has 1 heterocycles. The Morgan fingerprint density at radius 2 is 1.72 bits per heavy atom. The molecule has 32 heavy (non-hydrogen) atoms. The van der Waals surface area contributed by atoms with Crippen LogP contribution in [0.5, 0.6) is 5.75 Å². The first-order chi connectivity index (χ1) is 15.5. The second kappa shape index (κ2) is 10.1. The summed E-state index contributed by atoms with van der Waals surface area (Å²) in [7, 11) is 1.84. The Balaban J connectivity index is 2.03. The first-order valence-electron chi connectivity index (χ1n) is 9.77. The summed E-state index contributed by atoms with van der Waals surface area (Å²) in [5.74, 6) is 2.65. The van der Waals surface area contributed by atoms with Crippen molar-refractivity contribution < 1.29 is 23.8 Å². The van der Waals surface area contributed by atoms with Crippen molar-refractivity contribution in [1.29, 1.82) is 0 Å². The van der Waals surface area contributed by atoms with Gasteiger partial charge in [-0.2, -0.15) is 0 Å². The quantitative estimate of drug-likeness (QED) is 0.515. The second-order valence-electron chi connectivity index (χ2n) is 6.86. The number of hydrogen-bond acceptors (Lipinski definition) is 7. The van der Waals surface area contributed by atoms with Gasteiger partial charge in [-0.15, -0.1) is 12.8 Å². The van der Waals surface area contributed by atoms with Crippen molar-refractivity contribution >= 4 is 17.6 Å². The van der Waals surface area contributed by atoms with Gasteiger partial charge >= 0.3 is 11.9 Å². The number of hydrogen-bond donors (Lipinski definition) is 2. The van der Waals surface area contributed by atoms with Gasteiger partial charge in [0.15, 0.2) is 13.2 Å². The summed E-state index contributed by atoms with van der Waals surface area (Å²) < 4.78 is 15.8. The molecule has 0 bridgehead atoms. The first kappa shape index (κ1) is 22.3. The molecular formula is C25H22N2O5. The van der Waals surface area contributed by atoms with Gasteiger partial charge < -0.3 is 25.3 Å². The number of esters is 2. The third-order valence-corrected chi connectivity index (χ3v) is 4.92. The van der Waals surface area contributed by atoms with Gasteiger partial charge in [0.1, 0.15) is 11.3 Å². The van der Waals surface area contributed by atoms with Gasteiger partial charge in [-0.3, -0.25) is 4.79 Å². The van der Waals surface area contributed by atoms with Crippen LogP contribution in [0.25, 0.3) is 11.1 Å². The zero-order chi connectivity index (χ0) is 23.1. The van der Waals surface area contributed by atoms with Crippen LogP contribution >= 0.6 is 0 Å². The summed E-state index contributed by atoms with van der Waals surface area (Å²) in [6.07, 6.45) is 10.2. The summed E-state index contributed by atoms with van der Waals surface area (Å²) >= 11 is 0. The molecule has 7 nitrogen and oxygen atoms in total. The Bertz CT molecular complexity index is 1140. The van der Waals surface area contributed by atoms with Crippen LogP contribution in [-0.4, -0.2) is 32.2 Å². The first-order valence-corrected chi connectivity index (χ1v) is 9.77. The van der Waals surface area contributed by atoms with Crippen molar-refractivity contribution in [3.63, 3.8) is 0 Å². The number of terminal acetylenes is 2. The lowest BCUT2D eigenvalue weighted by Crippen LogP contribution is -2.28. The predicted octanol–water partition coefficient (Wildman–Crippen LogP) is 2.78. The van der Waals surface area contributed by atoms with Gasteiger partial charge in [0.05, 0.1) is 6.42 Å². The molecule has 3 rings (SSSR count). The number of carbonyl (C=O) groups excluding carboxylic acids is 2. The Hall–Kier alpha value is -4.36. The minimum atomic E-state index is -0.760. The van der Waals surface area contributed by atoms with Crippen LogP contribution in [-0.2, 0) is 19.1 Å². The summed E-state index contributed by atoms with van der Waals surface area (Å²) in [6, 6.07) is 13.3. The topological polar surface area (TPSA) is 99.9 Å². The highest BCUT2D eigenvalue weighted by atomic mass is 16.5. The molecule has 162 valence electrons. The number of carbonyl (C=O) groups is 2. The van der Waals surface area contributed by atoms with Gasteiger partial charge in [-0.1, -0.05) is 30.0 Å². The van der Waals surface area contributed by atoms with Crippen LogP contribution in [0.1, 0.15) is 17.9 Å². The minimum absolute atomic E-state index is 0.00749. The van der Waals surface area contributed by atoms with Gasteiger partial charge in [-0.25, -0.2) is 4.79 Å². The van der Waals surface area contributed by atoms with Crippen LogP contribution < -0.4 is 15.8 Å². The van der Waals surface area contributed by atoms with E-state index in [2.05, 4.69) is 17.2 Å². The maximum atomic E-state index is 12.7. The van der Waals surface area contributed by atoms with Crippen LogP contribution in [0, 0.1) is 24.7 Å². The molecule has 7 heteroatoms. The van der Waals surface area contributed by atoms with Crippen molar-refractivity contribution in [2.45, 2.75) is 12.3 Å². The fourth-order valence-electron chi connectivity index (χ4n) is 3.41. The SMILES string of the molecule is C#CCOC(=O)CC1C(C(=O)OCC#C)=C(N)Oc2ccc(-c3ccc(NC)cc3)cc21. The molecule has 0 aliphatic carbocycles. The van der Waals surface area contributed by atoms with E-state index in [4.69, 9.17) is 32.8 Å². The molecular weight excluding hydrogens is 408 g/mol. The zero-order valence-corrected chi connectivity index (χ0v) is 17.5. The standard InChI is InChI=1S/C25H22N2O5/c1-4-12-30-22(28)15-20-19-14-17(16-6-9-18(27-3)10-7-16)8-11-21(19)32-24(26)23(20)25(29)31-13-5-2/h1-2,6-11,14,20,27H,12-13,15,26H2,3H3. The van der Waals surface area contributed by atoms with Crippen molar-refractivity contribution in [3.05, 3.63) is 59.5 Å². The molecule has 0 saturated heterocycles. The fraction of sp³-hybridized carbons (Fsp3) is 0.200. The highest BCUT2D eigenvalue weighted by Gasteiger charge is 2.36. The Labute approximate surface area is 186 Å². The van der Waals surface area contributed by atoms with E-state index in [9.17, 15) is 9.59 Å². The van der Waals surface area contributed by atoms with Crippen LogP contribution in [0.15, 0.2) is 53.9 Å². The van der Waals surface area contributed by atoms with Crippen molar-refractivity contribution in [2.24, 2.45) is 5.73 Å². The van der Waals surface area contributed by atoms with Crippen molar-refractivity contribution in [2.75, 3.05) is 25.6 Å². The van der Waals surface area contributed by atoms with Gasteiger partial charge in [0.25, 0.3) is 0 Å². The van der Waals surface area contributed by atoms with E-state index < -0.39 is 17.9 Å². The predicted molar refractivity (Wildman–Crippen MR) is 120 cm³/mol. The monoisotopic (exact) mass is 430 g/mol. The van der Waals surface area contributed by atoms with Gasteiger partial charge in [0.2, 0.25) is 5.88 Å². The molecule has 0 aromatic heterocycles. The van der Waals surface area contributed by atoms with Crippen LogP contribution in [0.3, 0.4) is 0 Å². The summed E-state index contributed by atoms with van der Waals surface area (Å²) in [5, 5.41) is 3.07. The normalized spacial score (nSPS) is 14.3. The second-order valence-corrected chi connectivity index (χ2v) is 6.86. The molecule has 2 aromatic rings. The molecule has 0 fully saturated rings. The van der Waals surface area contributed by atoms with Gasteiger partial charge in [-0.05, 0) is 35.4 Å². The molecule has 0 radical (unpaired) electrons. The molecule has 0 spiro atoms. The minimum Gasteiger partial charge on any atom is -0.452 e. The molecule has 1 atom stereocenters. The zero-order valence-electron chi connectivity index (χ0n) is 17.5. The summed E-state index contributed by atoms with van der Waals surface area (Å²) in [4.78, 5) is 25.1.